The van der Waals surface area contributed by atoms with Gasteiger partial charge >= 0.3 is 5.97 Å². The molecule has 0 radical (unpaired) electrons. The maximum atomic E-state index is 12.0. The van der Waals surface area contributed by atoms with E-state index in [1.165, 1.54) is 18.9 Å². The predicted octanol–water partition coefficient (Wildman–Crippen LogP) is 3.10. The van der Waals surface area contributed by atoms with Crippen LogP contribution in [0.2, 0.25) is 0 Å². The van der Waals surface area contributed by atoms with Crippen LogP contribution in [0.1, 0.15) is 31.6 Å². The topological polar surface area (TPSA) is 57.0 Å². The van der Waals surface area contributed by atoms with E-state index in [2.05, 4.69) is 31.0 Å². The Morgan fingerprint density at radius 1 is 1.50 bits per heavy atom. The number of ether oxygens (including phenoxy) is 1. The van der Waals surface area contributed by atoms with Gasteiger partial charge < -0.3 is 9.30 Å². The number of hydrogen-bond donors (Lipinski definition) is 0. The van der Waals surface area contributed by atoms with Crippen LogP contribution >= 0.6 is 23.1 Å². The average molecular weight is 311 g/mol. The molecule has 0 spiro atoms. The maximum absolute atomic E-state index is 12.0. The highest BCUT2D eigenvalue weighted by molar-refractivity contribution is 8.00. The van der Waals surface area contributed by atoms with E-state index in [4.69, 9.17) is 4.74 Å². The van der Waals surface area contributed by atoms with E-state index in [9.17, 15) is 4.79 Å². The number of methoxy groups -OCH3 is 1. The van der Waals surface area contributed by atoms with E-state index < -0.39 is 5.25 Å². The average Bonchev–Trinajstić information content (AvgIpc) is 3.04. The number of nitrogens with zero attached hydrogens (tertiary/aromatic N) is 3. The van der Waals surface area contributed by atoms with Crippen LogP contribution in [0.4, 0.5) is 0 Å². The Morgan fingerprint density at radius 3 is 2.80 bits per heavy atom. The highest BCUT2D eigenvalue weighted by atomic mass is 32.2. The van der Waals surface area contributed by atoms with Gasteiger partial charge in [-0.05, 0) is 43.2 Å². The molecule has 20 heavy (non-hydrogen) atoms. The van der Waals surface area contributed by atoms with Gasteiger partial charge in [-0.3, -0.25) is 4.79 Å². The molecular formula is C13H17N3O2S2. The number of thiophene rings is 1. The summed E-state index contributed by atoms with van der Waals surface area (Å²) in [5.74, 6) is -0.281. The van der Waals surface area contributed by atoms with E-state index >= 15 is 0 Å². The number of hydrogen-bond acceptors (Lipinski definition) is 6. The first-order valence-corrected chi connectivity index (χ1v) is 7.93. The molecular weight excluding hydrogens is 294 g/mol. The summed E-state index contributed by atoms with van der Waals surface area (Å²) in [6.45, 7) is 6.20. The standard InChI is InChI=1S/C13H17N3O2S2/c1-13(2,3)16-8-14-15-12(16)20-10(11(17)18-4)9-5-6-19-7-9/h5-8,10H,1-4H3/t10-/m0/s1. The van der Waals surface area contributed by atoms with Gasteiger partial charge in [0.25, 0.3) is 0 Å². The van der Waals surface area contributed by atoms with E-state index in [0.29, 0.717) is 5.16 Å². The zero-order valence-corrected chi connectivity index (χ0v) is 13.5. The lowest BCUT2D eigenvalue weighted by Gasteiger charge is -2.23. The van der Waals surface area contributed by atoms with E-state index in [-0.39, 0.29) is 11.5 Å². The van der Waals surface area contributed by atoms with Crippen molar-refractivity contribution in [3.8, 4) is 0 Å². The Bertz CT molecular complexity index is 573. The molecule has 0 fully saturated rings. The monoisotopic (exact) mass is 311 g/mol. The summed E-state index contributed by atoms with van der Waals surface area (Å²) >= 11 is 2.91. The lowest BCUT2D eigenvalue weighted by molar-refractivity contribution is -0.140. The second-order valence-electron chi connectivity index (χ2n) is 5.23. The van der Waals surface area contributed by atoms with Crippen molar-refractivity contribution in [3.05, 3.63) is 28.7 Å². The summed E-state index contributed by atoms with van der Waals surface area (Å²) in [5.41, 5.74) is 0.788. The zero-order chi connectivity index (χ0) is 14.8. The molecule has 0 aromatic carbocycles. The first-order chi connectivity index (χ1) is 9.43. The molecule has 0 aliphatic heterocycles. The van der Waals surface area contributed by atoms with Gasteiger partial charge in [-0.15, -0.1) is 10.2 Å². The van der Waals surface area contributed by atoms with Crippen molar-refractivity contribution in [1.29, 1.82) is 0 Å². The van der Waals surface area contributed by atoms with Crippen LogP contribution < -0.4 is 0 Å². The maximum Gasteiger partial charge on any atom is 0.323 e. The Hall–Kier alpha value is -1.34. The molecule has 5 nitrogen and oxygen atoms in total. The van der Waals surface area contributed by atoms with Gasteiger partial charge in [0, 0.05) is 5.54 Å². The normalized spacial score (nSPS) is 13.2. The molecule has 2 aromatic rings. The fourth-order valence-electron chi connectivity index (χ4n) is 1.65. The molecule has 1 atom stereocenters. The van der Waals surface area contributed by atoms with Crippen LogP contribution in [0.15, 0.2) is 28.3 Å². The summed E-state index contributed by atoms with van der Waals surface area (Å²) in [6.07, 6.45) is 1.68. The molecule has 108 valence electrons. The largest absolute Gasteiger partial charge is 0.468 e. The van der Waals surface area contributed by atoms with Crippen molar-refractivity contribution in [1.82, 2.24) is 14.8 Å². The van der Waals surface area contributed by atoms with Gasteiger partial charge in [-0.2, -0.15) is 11.3 Å². The highest BCUT2D eigenvalue weighted by Gasteiger charge is 2.27. The molecule has 0 amide bonds. The lowest BCUT2D eigenvalue weighted by Crippen LogP contribution is -2.22. The fourth-order valence-corrected chi connectivity index (χ4v) is 3.64. The minimum atomic E-state index is -0.420. The molecule has 2 rings (SSSR count). The van der Waals surface area contributed by atoms with Gasteiger partial charge in [0.15, 0.2) is 5.16 Å². The number of rotatable bonds is 4. The number of carbonyl (C=O) groups is 1. The number of thioether (sulfide) groups is 1. The molecule has 2 aromatic heterocycles. The Balaban J connectivity index is 2.30. The van der Waals surface area contributed by atoms with Crippen molar-refractivity contribution in [2.45, 2.75) is 36.7 Å². The Labute approximate surface area is 126 Å². The predicted molar refractivity (Wildman–Crippen MR) is 80.0 cm³/mol. The van der Waals surface area contributed by atoms with Gasteiger partial charge in [0.2, 0.25) is 0 Å². The molecule has 0 bridgehead atoms. The number of esters is 1. The van der Waals surface area contributed by atoms with Crippen LogP contribution in [-0.2, 0) is 15.1 Å². The second-order valence-corrected chi connectivity index (χ2v) is 7.08. The fraction of sp³-hybridized carbons (Fsp3) is 0.462. The van der Waals surface area contributed by atoms with Crippen LogP contribution in [0.3, 0.4) is 0 Å². The van der Waals surface area contributed by atoms with Gasteiger partial charge in [-0.25, -0.2) is 0 Å². The van der Waals surface area contributed by atoms with Crippen molar-refractivity contribution < 1.29 is 9.53 Å². The van der Waals surface area contributed by atoms with Crippen LogP contribution in [0.25, 0.3) is 0 Å². The summed E-state index contributed by atoms with van der Waals surface area (Å²) in [7, 11) is 1.40. The molecule has 0 unspecified atom stereocenters. The summed E-state index contributed by atoms with van der Waals surface area (Å²) in [6, 6.07) is 1.93. The van der Waals surface area contributed by atoms with Crippen LogP contribution in [-0.4, -0.2) is 27.8 Å². The van der Waals surface area contributed by atoms with Gasteiger partial charge in [0.1, 0.15) is 11.6 Å². The molecule has 2 heterocycles. The van der Waals surface area contributed by atoms with E-state index in [0.717, 1.165) is 5.56 Å². The third-order valence-corrected chi connectivity index (χ3v) is 4.61. The van der Waals surface area contributed by atoms with E-state index in [1.807, 2.05) is 21.4 Å². The quantitative estimate of drug-likeness (QED) is 0.641. The molecule has 0 N–H and O–H groups in total. The Morgan fingerprint density at radius 2 is 2.25 bits per heavy atom. The van der Waals surface area contributed by atoms with Gasteiger partial charge in [0.05, 0.1) is 7.11 Å². The SMILES string of the molecule is COC(=O)[C@@H](Sc1nncn1C(C)(C)C)c1ccsc1. The first kappa shape index (κ1) is 15.1. The summed E-state index contributed by atoms with van der Waals surface area (Å²) in [5, 5.41) is 12.3. The summed E-state index contributed by atoms with van der Waals surface area (Å²) < 4.78 is 6.86. The van der Waals surface area contributed by atoms with Crippen LogP contribution in [0, 0.1) is 0 Å². The molecule has 0 saturated carbocycles. The number of aromatic nitrogens is 3. The molecule has 0 aliphatic carbocycles. The lowest BCUT2D eigenvalue weighted by atomic mass is 10.1. The molecule has 7 heteroatoms. The van der Waals surface area contributed by atoms with Gasteiger partial charge in [-0.1, -0.05) is 11.8 Å². The van der Waals surface area contributed by atoms with Crippen molar-refractivity contribution in [2.75, 3.05) is 7.11 Å². The zero-order valence-electron chi connectivity index (χ0n) is 11.9. The molecule has 0 aliphatic rings. The van der Waals surface area contributed by atoms with Crippen molar-refractivity contribution >= 4 is 29.1 Å². The molecule has 0 saturated heterocycles. The summed E-state index contributed by atoms with van der Waals surface area (Å²) in [4.78, 5) is 12.0. The minimum Gasteiger partial charge on any atom is -0.468 e. The Kier molecular flexibility index (Phi) is 4.49. The smallest absolute Gasteiger partial charge is 0.323 e. The van der Waals surface area contributed by atoms with Crippen LogP contribution in [0.5, 0.6) is 0 Å². The van der Waals surface area contributed by atoms with E-state index in [1.54, 1.807) is 17.7 Å². The van der Waals surface area contributed by atoms with Crippen molar-refractivity contribution in [3.63, 3.8) is 0 Å². The number of carbonyl (C=O) groups excluding carboxylic acids is 1. The second kappa shape index (κ2) is 5.97. The third kappa shape index (κ3) is 3.21. The highest BCUT2D eigenvalue weighted by Crippen LogP contribution is 2.37. The van der Waals surface area contributed by atoms with Crippen molar-refractivity contribution in [2.24, 2.45) is 0 Å². The minimum absolute atomic E-state index is 0.138. The third-order valence-electron chi connectivity index (χ3n) is 2.72. The first-order valence-electron chi connectivity index (χ1n) is 6.10.